The fraction of sp³-hybridized carbons (Fsp3) is 0.489. The number of benzene rings is 2. The largest absolute Gasteiger partial charge is 0.496 e. The van der Waals surface area contributed by atoms with Gasteiger partial charge in [0.2, 0.25) is 17.8 Å². The SMILES string of the molecule is CNC(=O)COc1cc2cc(Nc3nc(N4CCC(O[C@H]5C[C@H](N6CCC(c7cc8c(cc7OC)C(=O)N(C7CCC(=O)NC7=O)C8=O)CC6)C5)CC4)ncc3Cl)ccc2n(C(C)C)c1=O. The summed E-state index contributed by atoms with van der Waals surface area (Å²) in [5.74, 6) is -0.623. The van der Waals surface area contributed by atoms with Crippen LogP contribution in [0.25, 0.3) is 10.9 Å². The highest BCUT2D eigenvalue weighted by Gasteiger charge is 2.46. The molecule has 0 radical (unpaired) electrons. The molecule has 18 nitrogen and oxygen atoms in total. The molecule has 0 bridgehead atoms. The second-order valence-electron chi connectivity index (χ2n) is 18.0. The fourth-order valence-corrected chi connectivity index (χ4v) is 10.1. The number of carbonyl (C=O) groups is 5. The molecule has 2 aromatic heterocycles. The number of aromatic nitrogens is 3. The van der Waals surface area contributed by atoms with Crippen LogP contribution in [0.15, 0.2) is 47.4 Å². The summed E-state index contributed by atoms with van der Waals surface area (Å²) in [5, 5.41) is 9.18. The molecule has 9 rings (SSSR count). The lowest BCUT2D eigenvalue weighted by Crippen LogP contribution is -2.54. The number of amides is 5. The molecule has 2 aromatic carbocycles. The van der Waals surface area contributed by atoms with Gasteiger partial charge in [-0.3, -0.25) is 39.0 Å². The molecule has 0 spiro atoms. The van der Waals surface area contributed by atoms with Crippen molar-refractivity contribution in [2.75, 3.05) is 57.2 Å². The predicted molar refractivity (Wildman–Crippen MR) is 245 cm³/mol. The number of fused-ring (bicyclic) bond motifs is 2. The van der Waals surface area contributed by atoms with Gasteiger partial charge >= 0.3 is 0 Å². The first-order chi connectivity index (χ1) is 31.8. The van der Waals surface area contributed by atoms with E-state index in [9.17, 15) is 28.8 Å². The van der Waals surface area contributed by atoms with E-state index in [-0.39, 0.29) is 72.0 Å². The Kier molecular flexibility index (Phi) is 12.7. The number of rotatable bonds is 13. The zero-order chi connectivity index (χ0) is 46.4. The van der Waals surface area contributed by atoms with Gasteiger partial charge in [-0.15, -0.1) is 0 Å². The Bertz CT molecular complexity index is 2650. The van der Waals surface area contributed by atoms with E-state index in [0.29, 0.717) is 34.3 Å². The maximum absolute atomic E-state index is 13.5. The molecule has 5 aliphatic rings. The van der Waals surface area contributed by atoms with Crippen LogP contribution in [0.5, 0.6) is 11.5 Å². The minimum Gasteiger partial charge on any atom is -0.496 e. The van der Waals surface area contributed by atoms with Crippen LogP contribution in [0.3, 0.4) is 0 Å². The van der Waals surface area contributed by atoms with E-state index >= 15 is 0 Å². The average molecular weight is 924 g/mol. The van der Waals surface area contributed by atoms with E-state index in [1.807, 2.05) is 32.0 Å². The first-order valence-corrected chi connectivity index (χ1v) is 23.1. The summed E-state index contributed by atoms with van der Waals surface area (Å²) >= 11 is 6.60. The van der Waals surface area contributed by atoms with Crippen LogP contribution in [-0.4, -0.2) is 125 Å². The molecule has 19 heteroatoms. The van der Waals surface area contributed by atoms with Crippen molar-refractivity contribution in [2.24, 2.45) is 0 Å². The van der Waals surface area contributed by atoms with Crippen LogP contribution >= 0.6 is 11.6 Å². The van der Waals surface area contributed by atoms with Crippen LogP contribution in [0.2, 0.25) is 5.02 Å². The van der Waals surface area contributed by atoms with Gasteiger partial charge < -0.3 is 39.2 Å². The van der Waals surface area contributed by atoms with Gasteiger partial charge in [0, 0.05) is 49.7 Å². The van der Waals surface area contributed by atoms with Gasteiger partial charge in [-0.1, -0.05) is 11.6 Å². The molecule has 6 heterocycles. The van der Waals surface area contributed by atoms with Crippen molar-refractivity contribution in [1.82, 2.24) is 35.0 Å². The molecule has 348 valence electrons. The van der Waals surface area contributed by atoms with Crippen molar-refractivity contribution >= 4 is 69.5 Å². The number of anilines is 3. The highest BCUT2D eigenvalue weighted by atomic mass is 35.5. The Morgan fingerprint density at radius 1 is 0.909 bits per heavy atom. The second-order valence-corrected chi connectivity index (χ2v) is 18.4. The number of likely N-dealkylation sites (N-methyl/N-ethyl adjacent to an activating group) is 1. The Morgan fingerprint density at radius 3 is 2.32 bits per heavy atom. The van der Waals surface area contributed by atoms with Gasteiger partial charge in [-0.2, -0.15) is 4.98 Å². The van der Waals surface area contributed by atoms with Crippen molar-refractivity contribution in [1.29, 1.82) is 0 Å². The molecular formula is C47H54ClN9O9. The van der Waals surface area contributed by atoms with E-state index in [4.69, 9.17) is 30.8 Å². The van der Waals surface area contributed by atoms with Crippen molar-refractivity contribution < 1.29 is 38.2 Å². The number of imide groups is 2. The number of carbonyl (C=O) groups excluding carboxylic acids is 5. The third kappa shape index (κ3) is 8.80. The number of ether oxygens (including phenoxy) is 3. The maximum atomic E-state index is 13.5. The quantitative estimate of drug-likeness (QED) is 0.156. The van der Waals surface area contributed by atoms with Gasteiger partial charge in [-0.25, -0.2) is 4.98 Å². The summed E-state index contributed by atoms with van der Waals surface area (Å²) in [6.07, 6.45) is 7.50. The minimum atomic E-state index is -1.02. The van der Waals surface area contributed by atoms with E-state index in [1.54, 1.807) is 36.1 Å². The summed E-state index contributed by atoms with van der Waals surface area (Å²) in [6, 6.07) is 9.95. The molecule has 4 fully saturated rings. The maximum Gasteiger partial charge on any atom is 0.293 e. The third-order valence-electron chi connectivity index (χ3n) is 13.6. The minimum absolute atomic E-state index is 0.0674. The van der Waals surface area contributed by atoms with Crippen molar-refractivity contribution in [3.63, 3.8) is 0 Å². The zero-order valence-corrected chi connectivity index (χ0v) is 38.2. The molecular weight excluding hydrogens is 870 g/mol. The number of hydrogen-bond donors (Lipinski definition) is 3. The lowest BCUT2D eigenvalue weighted by atomic mass is 9.82. The van der Waals surface area contributed by atoms with Gasteiger partial charge in [0.25, 0.3) is 23.3 Å². The van der Waals surface area contributed by atoms with Crippen LogP contribution in [0.4, 0.5) is 17.5 Å². The second kappa shape index (κ2) is 18.6. The summed E-state index contributed by atoms with van der Waals surface area (Å²) < 4.78 is 19.6. The van der Waals surface area contributed by atoms with Crippen molar-refractivity contribution in [3.8, 4) is 11.5 Å². The summed E-state index contributed by atoms with van der Waals surface area (Å²) in [4.78, 5) is 91.3. The average Bonchev–Trinajstić information content (AvgIpc) is 3.54. The van der Waals surface area contributed by atoms with Crippen LogP contribution in [-0.2, 0) is 19.1 Å². The number of nitrogens with zero attached hydrogens (tertiary/aromatic N) is 6. The Morgan fingerprint density at radius 2 is 1.64 bits per heavy atom. The highest BCUT2D eigenvalue weighted by molar-refractivity contribution is 6.33. The molecule has 3 saturated heterocycles. The fourth-order valence-electron chi connectivity index (χ4n) is 9.96. The highest BCUT2D eigenvalue weighted by Crippen LogP contribution is 2.41. The Hall–Kier alpha value is -6.11. The van der Waals surface area contributed by atoms with E-state index in [1.165, 1.54) is 7.05 Å². The molecule has 66 heavy (non-hydrogen) atoms. The van der Waals surface area contributed by atoms with E-state index < -0.39 is 29.7 Å². The summed E-state index contributed by atoms with van der Waals surface area (Å²) in [6.45, 7) is 6.82. The number of hydrogen-bond acceptors (Lipinski definition) is 14. The molecule has 5 amide bonds. The standard InChI is InChI=1S/C47H54ClN9O9/c1-25(2)56-36-6-5-28(17-27(36)18-39(46(56)63)65-24-41(59)49-3)51-42-35(48)23-50-47(53-42)55-15-11-30(12-16-55)66-31-19-29(20-31)54-13-9-26(10-14-54)32-21-33-34(22-38(32)64-4)45(62)57(44(33)61)37-7-8-40(58)52-43(37)60/h5-6,17-18,21-23,25-26,29-31,37H,7-16,19-20,24H2,1-4H3,(H,49,59)(H,50,51,53)(H,52,58,60)/t29-,31-,37?. The van der Waals surface area contributed by atoms with Crippen LogP contribution < -0.4 is 35.9 Å². The van der Waals surface area contributed by atoms with Gasteiger partial charge in [-0.05, 0) is 120 Å². The smallest absolute Gasteiger partial charge is 0.293 e. The normalized spacial score (nSPS) is 21.8. The van der Waals surface area contributed by atoms with Gasteiger partial charge in [0.15, 0.2) is 18.2 Å². The number of likely N-dealkylation sites (tertiary alicyclic amines) is 1. The Labute approximate surface area is 386 Å². The number of pyridine rings is 1. The molecule has 1 unspecified atom stereocenters. The molecule has 1 saturated carbocycles. The molecule has 1 aliphatic carbocycles. The third-order valence-corrected chi connectivity index (χ3v) is 13.9. The number of halogens is 1. The topological polar surface area (TPSA) is 207 Å². The van der Waals surface area contributed by atoms with Crippen LogP contribution in [0, 0.1) is 0 Å². The molecule has 4 aliphatic heterocycles. The first kappa shape index (κ1) is 45.1. The first-order valence-electron chi connectivity index (χ1n) is 22.7. The molecule has 4 aromatic rings. The lowest BCUT2D eigenvalue weighted by Gasteiger charge is -2.47. The summed E-state index contributed by atoms with van der Waals surface area (Å²) in [5.41, 5.74) is 2.51. The van der Waals surface area contributed by atoms with E-state index in [0.717, 1.165) is 86.1 Å². The summed E-state index contributed by atoms with van der Waals surface area (Å²) in [7, 11) is 3.07. The molecule has 3 N–H and O–H groups in total. The predicted octanol–water partition coefficient (Wildman–Crippen LogP) is 4.70. The lowest BCUT2D eigenvalue weighted by molar-refractivity contribution is -0.136. The van der Waals surface area contributed by atoms with Crippen molar-refractivity contribution in [3.05, 3.63) is 74.7 Å². The van der Waals surface area contributed by atoms with E-state index in [2.05, 4.69) is 30.7 Å². The van der Waals surface area contributed by atoms with Gasteiger partial charge in [0.05, 0.1) is 42.2 Å². The number of methoxy groups -OCH3 is 1. The van der Waals surface area contributed by atoms with Crippen LogP contribution in [0.1, 0.15) is 103 Å². The molecule has 1 atom stereocenters. The monoisotopic (exact) mass is 923 g/mol. The van der Waals surface area contributed by atoms with Gasteiger partial charge in [0.1, 0.15) is 16.8 Å². The Balaban J connectivity index is 0.758. The number of nitrogens with one attached hydrogen (secondary N) is 3. The number of piperidine rings is 3. The van der Waals surface area contributed by atoms with Crippen molar-refractivity contribution in [2.45, 2.75) is 101 Å². The zero-order valence-electron chi connectivity index (χ0n) is 37.4.